The summed E-state index contributed by atoms with van der Waals surface area (Å²) in [5, 5.41) is 10.7. The summed E-state index contributed by atoms with van der Waals surface area (Å²) < 4.78 is 7.34. The highest BCUT2D eigenvalue weighted by Gasteiger charge is 2.29. The molecule has 0 bridgehead atoms. The monoisotopic (exact) mass is 429 g/mol. The number of aryl methyl sites for hydroxylation is 1. The number of carboxylic acid groups (broad SMARTS) is 1. The molecule has 5 nitrogen and oxygen atoms in total. The Bertz CT molecular complexity index is 1240. The molecule has 1 aliphatic carbocycles. The molecule has 0 saturated heterocycles. The molecule has 5 heteroatoms. The molecule has 32 heavy (non-hydrogen) atoms. The zero-order valence-corrected chi connectivity index (χ0v) is 18.5. The minimum atomic E-state index is -0.970. The van der Waals surface area contributed by atoms with Crippen LogP contribution in [0.15, 0.2) is 30.3 Å². The maximum atomic E-state index is 12.1. The van der Waals surface area contributed by atoms with Gasteiger partial charge in [0.25, 0.3) is 0 Å². The van der Waals surface area contributed by atoms with Gasteiger partial charge in [-0.25, -0.2) is 4.79 Å². The Morgan fingerprint density at radius 3 is 2.62 bits per heavy atom. The highest BCUT2D eigenvalue weighted by atomic mass is 16.5. The van der Waals surface area contributed by atoms with Crippen LogP contribution in [0.1, 0.15) is 69.9 Å². The van der Waals surface area contributed by atoms with Gasteiger partial charge in [0.05, 0.1) is 30.4 Å². The van der Waals surface area contributed by atoms with E-state index in [0.717, 1.165) is 59.7 Å². The van der Waals surface area contributed by atoms with Crippen molar-refractivity contribution in [3.63, 3.8) is 0 Å². The highest BCUT2D eigenvalue weighted by molar-refractivity contribution is 6.01. The number of aldehydes is 1. The van der Waals surface area contributed by atoms with Crippen molar-refractivity contribution in [1.29, 1.82) is 0 Å². The number of nitrogens with zero attached hydrogens (tertiary/aromatic N) is 1. The fourth-order valence-corrected chi connectivity index (χ4v) is 5.16. The van der Waals surface area contributed by atoms with Crippen LogP contribution < -0.4 is 4.74 Å². The lowest BCUT2D eigenvalue weighted by Gasteiger charge is -2.24. The van der Waals surface area contributed by atoms with Gasteiger partial charge in [0, 0.05) is 16.5 Å². The zero-order valence-electron chi connectivity index (χ0n) is 18.5. The number of ether oxygens (including phenoxy) is 1. The van der Waals surface area contributed by atoms with Crippen molar-refractivity contribution in [2.45, 2.75) is 51.5 Å². The van der Waals surface area contributed by atoms with Crippen molar-refractivity contribution < 1.29 is 19.4 Å². The van der Waals surface area contributed by atoms with Crippen LogP contribution in [0.5, 0.6) is 5.75 Å². The molecule has 1 heterocycles. The standard InChI is InChI=1S/C27H27NO4/c1-4-12-28-23-15-19(27(30)31)13-17(2)24(23)25(18-8-6-5-7-9-18)26(28)22-11-10-21(32-3)14-20(22)16-29/h1,10-11,13-16,18H,5-9,12H2,2-3H3,(H,30,31). The van der Waals surface area contributed by atoms with Crippen molar-refractivity contribution in [3.05, 3.63) is 52.6 Å². The summed E-state index contributed by atoms with van der Waals surface area (Å²) >= 11 is 0. The van der Waals surface area contributed by atoms with Crippen LogP contribution in [0.25, 0.3) is 22.2 Å². The van der Waals surface area contributed by atoms with Crippen LogP contribution in [0.3, 0.4) is 0 Å². The van der Waals surface area contributed by atoms with Gasteiger partial charge in [0.15, 0.2) is 6.29 Å². The third kappa shape index (κ3) is 3.67. The topological polar surface area (TPSA) is 68.5 Å². The third-order valence-electron chi connectivity index (χ3n) is 6.55. The average Bonchev–Trinajstić information content (AvgIpc) is 3.13. The molecule has 0 spiro atoms. The Labute approximate surface area is 188 Å². The van der Waals surface area contributed by atoms with Gasteiger partial charge >= 0.3 is 5.97 Å². The molecule has 1 aromatic heterocycles. The number of carbonyl (C=O) groups excluding carboxylic acids is 1. The summed E-state index contributed by atoms with van der Waals surface area (Å²) in [5.74, 6) is 2.70. The predicted octanol–water partition coefficient (Wildman–Crippen LogP) is 5.82. The molecule has 0 atom stereocenters. The number of hydrogen-bond acceptors (Lipinski definition) is 3. The predicted molar refractivity (Wildman–Crippen MR) is 126 cm³/mol. The van der Waals surface area contributed by atoms with E-state index in [4.69, 9.17) is 11.2 Å². The summed E-state index contributed by atoms with van der Waals surface area (Å²) in [4.78, 5) is 23.9. The molecule has 3 aromatic rings. The van der Waals surface area contributed by atoms with Crippen LogP contribution in [0.4, 0.5) is 0 Å². The number of aromatic nitrogens is 1. The molecule has 1 aliphatic rings. The smallest absolute Gasteiger partial charge is 0.335 e. The van der Waals surface area contributed by atoms with Crippen molar-refractivity contribution >= 4 is 23.2 Å². The van der Waals surface area contributed by atoms with E-state index in [-0.39, 0.29) is 12.1 Å². The summed E-state index contributed by atoms with van der Waals surface area (Å²) in [6, 6.07) is 8.93. The SMILES string of the molecule is C#CCn1c(-c2ccc(OC)cc2C=O)c(C2CCCCC2)c2c(C)cc(C(=O)O)cc21. The van der Waals surface area contributed by atoms with Crippen LogP contribution >= 0.6 is 0 Å². The molecule has 1 N–H and O–H groups in total. The Balaban J connectivity index is 2.14. The third-order valence-corrected chi connectivity index (χ3v) is 6.55. The molecule has 0 aliphatic heterocycles. The van der Waals surface area contributed by atoms with Gasteiger partial charge < -0.3 is 14.4 Å². The lowest BCUT2D eigenvalue weighted by Crippen LogP contribution is -2.08. The second kappa shape index (κ2) is 8.92. The summed E-state index contributed by atoms with van der Waals surface area (Å²) in [7, 11) is 1.57. The maximum absolute atomic E-state index is 12.1. The highest BCUT2D eigenvalue weighted by Crippen LogP contribution is 2.46. The van der Waals surface area contributed by atoms with E-state index in [9.17, 15) is 14.7 Å². The molecule has 164 valence electrons. The van der Waals surface area contributed by atoms with Gasteiger partial charge in [0.1, 0.15) is 5.75 Å². The number of terminal acetylenes is 1. The lowest BCUT2D eigenvalue weighted by atomic mass is 9.80. The zero-order chi connectivity index (χ0) is 22.8. The molecule has 4 rings (SSSR count). The van der Waals surface area contributed by atoms with E-state index in [0.29, 0.717) is 17.2 Å². The molecule has 0 amide bonds. The number of rotatable bonds is 6. The van der Waals surface area contributed by atoms with Crippen LogP contribution in [0.2, 0.25) is 0 Å². The van der Waals surface area contributed by atoms with E-state index < -0.39 is 5.97 Å². The number of methoxy groups -OCH3 is 1. The fourth-order valence-electron chi connectivity index (χ4n) is 5.16. The van der Waals surface area contributed by atoms with Crippen LogP contribution in [-0.4, -0.2) is 29.0 Å². The first-order valence-corrected chi connectivity index (χ1v) is 11.0. The number of carboxylic acids is 1. The minimum Gasteiger partial charge on any atom is -0.497 e. The second-order valence-corrected chi connectivity index (χ2v) is 8.45. The van der Waals surface area contributed by atoms with Gasteiger partial charge in [-0.15, -0.1) is 6.42 Å². The molecular formula is C27H27NO4. The second-order valence-electron chi connectivity index (χ2n) is 8.45. The van der Waals surface area contributed by atoms with Gasteiger partial charge in [-0.2, -0.15) is 0 Å². The lowest BCUT2D eigenvalue weighted by molar-refractivity contribution is 0.0696. The van der Waals surface area contributed by atoms with Gasteiger partial charge in [-0.05, 0) is 67.1 Å². The first-order chi connectivity index (χ1) is 15.5. The van der Waals surface area contributed by atoms with Crippen molar-refractivity contribution in [2.75, 3.05) is 7.11 Å². The average molecular weight is 430 g/mol. The largest absolute Gasteiger partial charge is 0.497 e. The number of hydrogen-bond donors (Lipinski definition) is 1. The van der Waals surface area contributed by atoms with Crippen molar-refractivity contribution in [2.24, 2.45) is 0 Å². The normalized spacial score (nSPS) is 14.3. The molecular weight excluding hydrogens is 402 g/mol. The molecule has 0 unspecified atom stereocenters. The van der Waals surface area contributed by atoms with Crippen molar-refractivity contribution in [3.8, 4) is 29.4 Å². The minimum absolute atomic E-state index is 0.234. The van der Waals surface area contributed by atoms with Crippen LogP contribution in [-0.2, 0) is 6.54 Å². The van der Waals surface area contributed by atoms with E-state index in [2.05, 4.69) is 5.92 Å². The van der Waals surface area contributed by atoms with Gasteiger partial charge in [-0.3, -0.25) is 4.79 Å². The summed E-state index contributed by atoms with van der Waals surface area (Å²) in [6.07, 6.45) is 12.3. The number of carbonyl (C=O) groups is 2. The molecule has 2 aromatic carbocycles. The number of fused-ring (bicyclic) bond motifs is 1. The molecule has 0 radical (unpaired) electrons. The Kier molecular flexibility index (Phi) is 6.05. The molecule has 1 fully saturated rings. The Morgan fingerprint density at radius 1 is 1.25 bits per heavy atom. The van der Waals surface area contributed by atoms with Gasteiger partial charge in [0.2, 0.25) is 0 Å². The van der Waals surface area contributed by atoms with Crippen LogP contribution in [0, 0.1) is 19.3 Å². The van der Waals surface area contributed by atoms with E-state index in [1.807, 2.05) is 23.6 Å². The Hall–Kier alpha value is -3.52. The van der Waals surface area contributed by atoms with Crippen molar-refractivity contribution in [1.82, 2.24) is 4.57 Å². The summed E-state index contributed by atoms with van der Waals surface area (Å²) in [5.41, 5.74) is 5.38. The first kappa shape index (κ1) is 21.7. The van der Waals surface area contributed by atoms with E-state index in [1.165, 1.54) is 12.0 Å². The van der Waals surface area contributed by atoms with Gasteiger partial charge in [-0.1, -0.05) is 25.2 Å². The fraction of sp³-hybridized carbons (Fsp3) is 0.333. The van der Waals surface area contributed by atoms with E-state index in [1.54, 1.807) is 25.3 Å². The summed E-state index contributed by atoms with van der Waals surface area (Å²) in [6.45, 7) is 2.24. The maximum Gasteiger partial charge on any atom is 0.335 e. The quantitative estimate of drug-likeness (QED) is 0.396. The van der Waals surface area contributed by atoms with E-state index >= 15 is 0 Å². The first-order valence-electron chi connectivity index (χ1n) is 11.0. The number of aromatic carboxylic acids is 1. The Morgan fingerprint density at radius 2 is 2.00 bits per heavy atom. The number of benzene rings is 2. The molecule has 1 saturated carbocycles.